The Morgan fingerprint density at radius 1 is 1.25 bits per heavy atom. The van der Waals surface area contributed by atoms with Gasteiger partial charge in [-0.1, -0.05) is 12.1 Å². The Morgan fingerprint density at radius 3 is 2.88 bits per heavy atom. The predicted molar refractivity (Wildman–Crippen MR) is 124 cm³/mol. The molecule has 1 aromatic carbocycles. The van der Waals surface area contributed by atoms with E-state index in [1.54, 1.807) is 30.6 Å². The molecular weight excluding hydrogens is 428 g/mol. The van der Waals surface area contributed by atoms with Crippen LogP contribution >= 0.6 is 0 Å². The van der Waals surface area contributed by atoms with Gasteiger partial charge < -0.3 is 15.2 Å². The van der Waals surface area contributed by atoms with Crippen LogP contribution < -0.4 is 10.2 Å². The number of anilines is 2. The SMILES string of the molecule is CN(C)S(=O)(=O)c1ccccc1NCC(=O)C[C@@H]1CCCN(c2ncnc3[nH]ccc23)C1. The van der Waals surface area contributed by atoms with Crippen LogP contribution in [0.4, 0.5) is 11.5 Å². The number of aromatic nitrogens is 3. The number of nitrogens with zero attached hydrogens (tertiary/aromatic N) is 4. The Morgan fingerprint density at radius 2 is 2.06 bits per heavy atom. The van der Waals surface area contributed by atoms with E-state index in [2.05, 4.69) is 25.2 Å². The summed E-state index contributed by atoms with van der Waals surface area (Å²) in [6.45, 7) is 1.75. The first-order valence-electron chi connectivity index (χ1n) is 10.7. The molecule has 3 heterocycles. The van der Waals surface area contributed by atoms with Crippen LogP contribution in [0.3, 0.4) is 0 Å². The highest BCUT2D eigenvalue weighted by Gasteiger charge is 2.25. The fourth-order valence-corrected chi connectivity index (χ4v) is 5.22. The van der Waals surface area contributed by atoms with Gasteiger partial charge >= 0.3 is 0 Å². The van der Waals surface area contributed by atoms with Gasteiger partial charge in [-0.15, -0.1) is 0 Å². The summed E-state index contributed by atoms with van der Waals surface area (Å²) in [6.07, 6.45) is 5.83. The summed E-state index contributed by atoms with van der Waals surface area (Å²) < 4.78 is 26.3. The van der Waals surface area contributed by atoms with E-state index in [-0.39, 0.29) is 23.1 Å². The maximum atomic E-state index is 12.7. The Labute approximate surface area is 187 Å². The largest absolute Gasteiger partial charge is 0.377 e. The Kier molecular flexibility index (Phi) is 6.43. The van der Waals surface area contributed by atoms with E-state index in [9.17, 15) is 13.2 Å². The van der Waals surface area contributed by atoms with Crippen molar-refractivity contribution in [1.82, 2.24) is 19.3 Å². The molecule has 1 fully saturated rings. The van der Waals surface area contributed by atoms with Crippen LogP contribution in [-0.4, -0.2) is 67.2 Å². The first-order valence-corrected chi connectivity index (χ1v) is 12.1. The summed E-state index contributed by atoms with van der Waals surface area (Å²) >= 11 is 0. The molecule has 4 rings (SSSR count). The van der Waals surface area contributed by atoms with Crippen molar-refractivity contribution >= 4 is 38.3 Å². The molecule has 0 aliphatic carbocycles. The van der Waals surface area contributed by atoms with Crippen LogP contribution in [0.1, 0.15) is 19.3 Å². The topological polar surface area (TPSA) is 111 Å². The molecule has 3 aromatic rings. The van der Waals surface area contributed by atoms with E-state index in [1.165, 1.54) is 18.4 Å². The molecule has 2 aromatic heterocycles. The molecule has 1 aliphatic rings. The van der Waals surface area contributed by atoms with E-state index >= 15 is 0 Å². The second-order valence-corrected chi connectivity index (χ2v) is 10.4. The summed E-state index contributed by atoms with van der Waals surface area (Å²) in [5.74, 6) is 1.18. The van der Waals surface area contributed by atoms with Crippen molar-refractivity contribution in [2.45, 2.75) is 24.2 Å². The molecule has 0 spiro atoms. The van der Waals surface area contributed by atoms with Crippen molar-refractivity contribution in [3.63, 3.8) is 0 Å². The summed E-state index contributed by atoms with van der Waals surface area (Å²) in [7, 11) is -0.613. The number of hydrogen-bond donors (Lipinski definition) is 2. The maximum absolute atomic E-state index is 12.7. The van der Waals surface area contributed by atoms with Gasteiger partial charge in [0.05, 0.1) is 17.6 Å². The average Bonchev–Trinajstić information content (AvgIpc) is 3.27. The number of carbonyl (C=O) groups excluding carboxylic acids is 1. The standard InChI is InChI=1S/C22H28N6O3S/c1-27(2)32(30,31)20-8-4-3-7-19(20)24-13-17(29)12-16-6-5-11-28(14-16)22-18-9-10-23-21(18)25-15-26-22/h3-4,7-10,15-16,24H,5-6,11-14H2,1-2H3,(H,23,25,26)/t16-/m0/s1. The number of para-hydroxylation sites is 1. The summed E-state index contributed by atoms with van der Waals surface area (Å²) in [4.78, 5) is 27.0. The fourth-order valence-electron chi connectivity index (χ4n) is 4.16. The first-order chi connectivity index (χ1) is 15.4. The van der Waals surface area contributed by atoms with Crippen molar-refractivity contribution in [2.24, 2.45) is 5.92 Å². The lowest BCUT2D eigenvalue weighted by molar-refractivity contribution is -0.118. The molecule has 0 amide bonds. The normalized spacial score (nSPS) is 17.1. The molecule has 10 heteroatoms. The lowest BCUT2D eigenvalue weighted by Crippen LogP contribution is -2.37. The fraction of sp³-hybridized carbons (Fsp3) is 0.409. The third kappa shape index (κ3) is 4.61. The number of H-pyrrole nitrogens is 1. The minimum atomic E-state index is -3.60. The van der Waals surface area contributed by atoms with Crippen LogP contribution in [-0.2, 0) is 14.8 Å². The molecular formula is C22H28N6O3S. The number of nitrogens with one attached hydrogen (secondary N) is 2. The third-order valence-corrected chi connectivity index (χ3v) is 7.66. The number of aromatic amines is 1. The molecule has 2 N–H and O–H groups in total. The van der Waals surface area contributed by atoms with Crippen LogP contribution in [0, 0.1) is 5.92 Å². The van der Waals surface area contributed by atoms with Crippen LogP contribution in [0.5, 0.6) is 0 Å². The zero-order chi connectivity index (χ0) is 22.7. The van der Waals surface area contributed by atoms with Crippen molar-refractivity contribution in [3.8, 4) is 0 Å². The van der Waals surface area contributed by atoms with Gasteiger partial charge in [0.1, 0.15) is 22.7 Å². The van der Waals surface area contributed by atoms with Gasteiger partial charge in [-0.25, -0.2) is 22.7 Å². The molecule has 170 valence electrons. The van der Waals surface area contributed by atoms with E-state index in [0.29, 0.717) is 12.1 Å². The van der Waals surface area contributed by atoms with Gasteiger partial charge in [0, 0.05) is 39.8 Å². The first kappa shape index (κ1) is 22.2. The third-order valence-electron chi connectivity index (χ3n) is 5.79. The zero-order valence-corrected chi connectivity index (χ0v) is 19.1. The highest BCUT2D eigenvalue weighted by molar-refractivity contribution is 7.89. The van der Waals surface area contributed by atoms with Crippen molar-refractivity contribution < 1.29 is 13.2 Å². The van der Waals surface area contributed by atoms with E-state index in [0.717, 1.165) is 42.8 Å². The van der Waals surface area contributed by atoms with E-state index in [4.69, 9.17) is 0 Å². The van der Waals surface area contributed by atoms with Crippen LogP contribution in [0.25, 0.3) is 11.0 Å². The van der Waals surface area contributed by atoms with Gasteiger partial charge in [-0.2, -0.15) is 0 Å². The van der Waals surface area contributed by atoms with Crippen molar-refractivity contribution in [1.29, 1.82) is 0 Å². The Bertz CT molecular complexity index is 1210. The number of benzene rings is 1. The molecule has 1 atom stereocenters. The summed E-state index contributed by atoms with van der Waals surface area (Å²) in [5.41, 5.74) is 1.25. The monoisotopic (exact) mass is 456 g/mol. The number of fused-ring (bicyclic) bond motifs is 1. The Hall–Kier alpha value is -2.98. The highest BCUT2D eigenvalue weighted by atomic mass is 32.2. The summed E-state index contributed by atoms with van der Waals surface area (Å²) in [6, 6.07) is 8.63. The smallest absolute Gasteiger partial charge is 0.244 e. The van der Waals surface area contributed by atoms with E-state index < -0.39 is 10.0 Å². The predicted octanol–water partition coefficient (Wildman–Crippen LogP) is 2.50. The summed E-state index contributed by atoms with van der Waals surface area (Å²) in [5, 5.41) is 4.02. The van der Waals surface area contributed by atoms with Gasteiger partial charge in [-0.05, 0) is 37.0 Å². The second-order valence-electron chi connectivity index (χ2n) is 8.27. The number of sulfonamides is 1. The number of rotatable bonds is 8. The molecule has 0 unspecified atom stereocenters. The highest BCUT2D eigenvalue weighted by Crippen LogP contribution is 2.28. The van der Waals surface area contributed by atoms with Crippen molar-refractivity contribution in [2.75, 3.05) is 43.9 Å². The Balaban J connectivity index is 1.39. The maximum Gasteiger partial charge on any atom is 0.244 e. The second kappa shape index (κ2) is 9.25. The average molecular weight is 457 g/mol. The lowest BCUT2D eigenvalue weighted by atomic mass is 9.92. The molecule has 1 aliphatic heterocycles. The molecule has 1 saturated heterocycles. The quantitative estimate of drug-likeness (QED) is 0.536. The molecule has 0 radical (unpaired) electrons. The van der Waals surface area contributed by atoms with Gasteiger partial charge in [0.2, 0.25) is 10.0 Å². The number of carbonyl (C=O) groups is 1. The van der Waals surface area contributed by atoms with Gasteiger partial charge in [0.15, 0.2) is 5.78 Å². The number of hydrogen-bond acceptors (Lipinski definition) is 7. The van der Waals surface area contributed by atoms with Gasteiger partial charge in [-0.3, -0.25) is 4.79 Å². The van der Waals surface area contributed by atoms with Crippen molar-refractivity contribution in [3.05, 3.63) is 42.9 Å². The van der Waals surface area contributed by atoms with Crippen LogP contribution in [0.15, 0.2) is 47.8 Å². The van der Waals surface area contributed by atoms with E-state index in [1.807, 2.05) is 12.3 Å². The lowest BCUT2D eigenvalue weighted by Gasteiger charge is -2.33. The minimum absolute atomic E-state index is 0.0587. The molecule has 0 bridgehead atoms. The molecule has 32 heavy (non-hydrogen) atoms. The minimum Gasteiger partial charge on any atom is -0.377 e. The number of Topliss-reactive ketones (excluding diaryl/α,β-unsaturated/α-hetero) is 1. The van der Waals surface area contributed by atoms with Crippen LogP contribution in [0.2, 0.25) is 0 Å². The number of piperidine rings is 1. The molecule has 9 nitrogen and oxygen atoms in total. The molecule has 0 saturated carbocycles. The van der Waals surface area contributed by atoms with Gasteiger partial charge in [0.25, 0.3) is 0 Å². The zero-order valence-electron chi connectivity index (χ0n) is 18.3. The number of ketones is 1.